The number of nitrogens with zero attached hydrogens (tertiary/aromatic N) is 3. The van der Waals surface area contributed by atoms with Crippen molar-refractivity contribution in [3.8, 4) is 0 Å². The van der Waals surface area contributed by atoms with Crippen LogP contribution in [0.3, 0.4) is 0 Å². The zero-order chi connectivity index (χ0) is 16.2. The van der Waals surface area contributed by atoms with Gasteiger partial charge in [0.05, 0.1) is 6.20 Å². The topological polar surface area (TPSA) is 62.7 Å². The minimum atomic E-state index is 0.405. The number of anilines is 4. The second-order valence-electron chi connectivity index (χ2n) is 5.17. The number of benzene rings is 2. The third-order valence-corrected chi connectivity index (χ3v) is 3.74. The van der Waals surface area contributed by atoms with Gasteiger partial charge in [-0.3, -0.25) is 0 Å². The lowest BCUT2D eigenvalue weighted by Crippen LogP contribution is -2.03. The van der Waals surface area contributed by atoms with Gasteiger partial charge in [-0.1, -0.05) is 29.8 Å². The SMILES string of the molecule is Cc1cccc(Nc2cnnc(Nc3cccc(Cl)c3)n2)c1C. The Morgan fingerprint density at radius 2 is 1.83 bits per heavy atom. The molecular weight excluding hydrogens is 310 g/mol. The molecule has 3 rings (SSSR count). The minimum Gasteiger partial charge on any atom is -0.339 e. The Kier molecular flexibility index (Phi) is 4.39. The van der Waals surface area contributed by atoms with Crippen molar-refractivity contribution < 1.29 is 0 Å². The third kappa shape index (κ3) is 3.76. The van der Waals surface area contributed by atoms with E-state index in [0.29, 0.717) is 16.8 Å². The Labute approximate surface area is 139 Å². The standard InChI is InChI=1S/C17H16ClN5/c1-11-5-3-8-15(12(11)2)21-16-10-19-23-17(22-16)20-14-7-4-6-13(18)9-14/h3-10H,1-2H3,(H2,20,21,22,23). The van der Waals surface area contributed by atoms with Gasteiger partial charge in [0.15, 0.2) is 5.82 Å². The van der Waals surface area contributed by atoms with Gasteiger partial charge in [0, 0.05) is 16.4 Å². The molecule has 1 aromatic heterocycles. The van der Waals surface area contributed by atoms with Gasteiger partial charge in [-0.05, 0) is 49.2 Å². The maximum Gasteiger partial charge on any atom is 0.249 e. The van der Waals surface area contributed by atoms with Gasteiger partial charge >= 0.3 is 0 Å². The predicted octanol–water partition coefficient (Wildman–Crippen LogP) is 4.63. The Bertz CT molecular complexity index is 835. The summed E-state index contributed by atoms with van der Waals surface area (Å²) in [6.07, 6.45) is 1.59. The summed E-state index contributed by atoms with van der Waals surface area (Å²) in [4.78, 5) is 4.42. The maximum atomic E-state index is 5.97. The lowest BCUT2D eigenvalue weighted by molar-refractivity contribution is 0.982. The number of hydrogen-bond acceptors (Lipinski definition) is 5. The van der Waals surface area contributed by atoms with Crippen molar-refractivity contribution in [2.24, 2.45) is 0 Å². The van der Waals surface area contributed by atoms with Gasteiger partial charge in [0.1, 0.15) is 0 Å². The van der Waals surface area contributed by atoms with Crippen LogP contribution in [0.5, 0.6) is 0 Å². The monoisotopic (exact) mass is 325 g/mol. The van der Waals surface area contributed by atoms with Crippen molar-refractivity contribution in [1.29, 1.82) is 0 Å². The molecule has 0 saturated heterocycles. The summed E-state index contributed by atoms with van der Waals surface area (Å²) in [5, 5.41) is 15.0. The molecule has 0 spiro atoms. The summed E-state index contributed by atoms with van der Waals surface area (Å²) in [6.45, 7) is 4.14. The highest BCUT2D eigenvalue weighted by Crippen LogP contribution is 2.22. The molecule has 0 atom stereocenters. The number of aromatic nitrogens is 3. The van der Waals surface area contributed by atoms with Crippen LogP contribution in [0, 0.1) is 13.8 Å². The first-order valence-corrected chi connectivity index (χ1v) is 7.55. The summed E-state index contributed by atoms with van der Waals surface area (Å²) in [5.41, 5.74) is 4.20. The summed E-state index contributed by atoms with van der Waals surface area (Å²) in [6, 6.07) is 13.4. The molecule has 0 aliphatic carbocycles. The lowest BCUT2D eigenvalue weighted by Gasteiger charge is -2.11. The molecule has 0 saturated carbocycles. The molecule has 0 bridgehead atoms. The van der Waals surface area contributed by atoms with Crippen LogP contribution in [0.2, 0.25) is 5.02 Å². The van der Waals surface area contributed by atoms with E-state index in [9.17, 15) is 0 Å². The van der Waals surface area contributed by atoms with E-state index in [2.05, 4.69) is 45.7 Å². The Morgan fingerprint density at radius 3 is 2.65 bits per heavy atom. The van der Waals surface area contributed by atoms with Crippen LogP contribution in [0.25, 0.3) is 0 Å². The maximum absolute atomic E-state index is 5.97. The molecule has 116 valence electrons. The number of halogens is 1. The van der Waals surface area contributed by atoms with Gasteiger partial charge in [-0.2, -0.15) is 10.1 Å². The number of hydrogen-bond donors (Lipinski definition) is 2. The van der Waals surface area contributed by atoms with E-state index >= 15 is 0 Å². The van der Waals surface area contributed by atoms with Crippen molar-refractivity contribution in [1.82, 2.24) is 15.2 Å². The van der Waals surface area contributed by atoms with Crippen LogP contribution < -0.4 is 10.6 Å². The van der Waals surface area contributed by atoms with Gasteiger partial charge in [0.2, 0.25) is 5.95 Å². The first-order valence-electron chi connectivity index (χ1n) is 7.17. The van der Waals surface area contributed by atoms with E-state index in [1.54, 1.807) is 12.3 Å². The van der Waals surface area contributed by atoms with E-state index in [1.807, 2.05) is 30.3 Å². The van der Waals surface area contributed by atoms with Gasteiger partial charge in [0.25, 0.3) is 0 Å². The molecule has 6 heteroatoms. The molecule has 0 fully saturated rings. The highest BCUT2D eigenvalue weighted by atomic mass is 35.5. The fourth-order valence-corrected chi connectivity index (χ4v) is 2.33. The van der Waals surface area contributed by atoms with Crippen molar-refractivity contribution in [2.45, 2.75) is 13.8 Å². The van der Waals surface area contributed by atoms with E-state index in [4.69, 9.17) is 11.6 Å². The number of rotatable bonds is 4. The van der Waals surface area contributed by atoms with Crippen LogP contribution in [0.1, 0.15) is 11.1 Å². The van der Waals surface area contributed by atoms with Crippen LogP contribution in [-0.4, -0.2) is 15.2 Å². The second kappa shape index (κ2) is 6.62. The highest BCUT2D eigenvalue weighted by molar-refractivity contribution is 6.30. The van der Waals surface area contributed by atoms with E-state index in [1.165, 1.54) is 11.1 Å². The van der Waals surface area contributed by atoms with E-state index in [-0.39, 0.29) is 0 Å². The van der Waals surface area contributed by atoms with Gasteiger partial charge in [-0.25, -0.2) is 0 Å². The first kappa shape index (κ1) is 15.2. The lowest BCUT2D eigenvalue weighted by atomic mass is 10.1. The molecule has 0 radical (unpaired) electrons. The van der Waals surface area contributed by atoms with Crippen molar-refractivity contribution in [2.75, 3.05) is 10.6 Å². The molecule has 2 aromatic carbocycles. The molecule has 0 aliphatic heterocycles. The molecule has 23 heavy (non-hydrogen) atoms. The molecule has 0 unspecified atom stereocenters. The van der Waals surface area contributed by atoms with Crippen LogP contribution >= 0.6 is 11.6 Å². The van der Waals surface area contributed by atoms with Gasteiger partial charge < -0.3 is 10.6 Å². The average Bonchev–Trinajstić information content (AvgIpc) is 2.52. The van der Waals surface area contributed by atoms with Crippen molar-refractivity contribution in [3.63, 3.8) is 0 Å². The number of nitrogens with one attached hydrogen (secondary N) is 2. The minimum absolute atomic E-state index is 0.405. The summed E-state index contributed by atoms with van der Waals surface area (Å²) in [5.74, 6) is 1.03. The van der Waals surface area contributed by atoms with Crippen LogP contribution in [0.4, 0.5) is 23.1 Å². The molecule has 2 N–H and O–H groups in total. The third-order valence-electron chi connectivity index (χ3n) is 3.51. The first-order chi connectivity index (χ1) is 11.1. The molecule has 0 aliphatic rings. The number of aryl methyl sites for hydroxylation is 1. The quantitative estimate of drug-likeness (QED) is 0.732. The molecular formula is C17H16ClN5. The predicted molar refractivity (Wildman–Crippen MR) is 93.8 cm³/mol. The molecule has 5 nitrogen and oxygen atoms in total. The van der Waals surface area contributed by atoms with Crippen LogP contribution in [-0.2, 0) is 0 Å². The van der Waals surface area contributed by atoms with E-state index in [0.717, 1.165) is 11.4 Å². The fourth-order valence-electron chi connectivity index (χ4n) is 2.14. The summed E-state index contributed by atoms with van der Waals surface area (Å²) < 4.78 is 0. The Balaban J connectivity index is 1.81. The zero-order valence-corrected chi connectivity index (χ0v) is 13.6. The fraction of sp³-hybridized carbons (Fsp3) is 0.118. The van der Waals surface area contributed by atoms with Crippen molar-refractivity contribution in [3.05, 3.63) is 64.8 Å². The second-order valence-corrected chi connectivity index (χ2v) is 5.61. The van der Waals surface area contributed by atoms with Gasteiger partial charge in [-0.15, -0.1) is 5.10 Å². The Morgan fingerprint density at radius 1 is 1.00 bits per heavy atom. The summed E-state index contributed by atoms with van der Waals surface area (Å²) in [7, 11) is 0. The zero-order valence-electron chi connectivity index (χ0n) is 12.8. The summed E-state index contributed by atoms with van der Waals surface area (Å²) >= 11 is 5.97. The largest absolute Gasteiger partial charge is 0.339 e. The smallest absolute Gasteiger partial charge is 0.249 e. The van der Waals surface area contributed by atoms with E-state index < -0.39 is 0 Å². The molecule has 1 heterocycles. The van der Waals surface area contributed by atoms with Crippen molar-refractivity contribution >= 4 is 34.7 Å². The normalized spacial score (nSPS) is 10.4. The molecule has 3 aromatic rings. The van der Waals surface area contributed by atoms with Crippen LogP contribution in [0.15, 0.2) is 48.7 Å². The molecule has 0 amide bonds. The highest BCUT2D eigenvalue weighted by Gasteiger charge is 2.05. The average molecular weight is 326 g/mol. The Hall–Kier alpha value is -2.66.